The zero-order valence-electron chi connectivity index (χ0n) is 11.1. The molecule has 1 aliphatic rings. The third-order valence-electron chi connectivity index (χ3n) is 4.27. The van der Waals surface area contributed by atoms with Crippen LogP contribution in [0.25, 0.3) is 0 Å². The van der Waals surface area contributed by atoms with Crippen molar-refractivity contribution in [3.63, 3.8) is 0 Å². The average Bonchev–Trinajstić information content (AvgIpc) is 2.95. The largest absolute Gasteiger partial charge is 0.314 e. The second-order valence-electron chi connectivity index (χ2n) is 5.43. The molecule has 1 N–H and O–H groups in total. The van der Waals surface area contributed by atoms with Gasteiger partial charge in [0.1, 0.15) is 0 Å². The lowest BCUT2D eigenvalue weighted by molar-refractivity contribution is 0.338. The normalized spacial score (nSPS) is 28.7. The maximum Gasteiger partial charge on any atom is 0.00954 e. The van der Waals surface area contributed by atoms with E-state index < -0.39 is 0 Å². The molecule has 17 heavy (non-hydrogen) atoms. The van der Waals surface area contributed by atoms with Crippen molar-refractivity contribution in [2.24, 2.45) is 11.8 Å². The Balaban J connectivity index is 1.75. The van der Waals surface area contributed by atoms with Gasteiger partial charge in [-0.1, -0.05) is 13.8 Å². The highest BCUT2D eigenvalue weighted by Crippen LogP contribution is 2.35. The highest BCUT2D eigenvalue weighted by molar-refractivity contribution is 7.07. The predicted molar refractivity (Wildman–Crippen MR) is 76.6 cm³/mol. The summed E-state index contributed by atoms with van der Waals surface area (Å²) < 4.78 is 0. The van der Waals surface area contributed by atoms with E-state index in [1.54, 1.807) is 0 Å². The van der Waals surface area contributed by atoms with E-state index in [4.69, 9.17) is 0 Å². The first-order chi connectivity index (χ1) is 8.31. The van der Waals surface area contributed by atoms with Crippen molar-refractivity contribution in [2.45, 2.75) is 52.0 Å². The van der Waals surface area contributed by atoms with Gasteiger partial charge in [-0.25, -0.2) is 0 Å². The van der Waals surface area contributed by atoms with E-state index in [2.05, 4.69) is 36.0 Å². The highest BCUT2D eigenvalue weighted by atomic mass is 32.1. The Labute approximate surface area is 110 Å². The summed E-state index contributed by atoms with van der Waals surface area (Å²) in [6.07, 6.45) is 6.71. The van der Waals surface area contributed by atoms with Crippen molar-refractivity contribution in [3.8, 4) is 0 Å². The molecule has 0 bridgehead atoms. The summed E-state index contributed by atoms with van der Waals surface area (Å²) in [5.41, 5.74) is 1.53. The van der Waals surface area contributed by atoms with E-state index in [0.717, 1.165) is 17.9 Å². The zero-order valence-corrected chi connectivity index (χ0v) is 11.9. The van der Waals surface area contributed by atoms with Crippen molar-refractivity contribution in [3.05, 3.63) is 22.4 Å². The molecule has 1 fully saturated rings. The number of hydrogen-bond donors (Lipinski definition) is 1. The Morgan fingerprint density at radius 1 is 1.41 bits per heavy atom. The second-order valence-corrected chi connectivity index (χ2v) is 6.21. The first-order valence-corrected chi connectivity index (χ1v) is 8.00. The molecule has 0 aromatic carbocycles. The van der Waals surface area contributed by atoms with Gasteiger partial charge in [0.25, 0.3) is 0 Å². The van der Waals surface area contributed by atoms with Gasteiger partial charge >= 0.3 is 0 Å². The van der Waals surface area contributed by atoms with E-state index in [-0.39, 0.29) is 0 Å². The molecule has 1 aromatic rings. The van der Waals surface area contributed by atoms with Crippen LogP contribution < -0.4 is 5.32 Å². The fourth-order valence-corrected chi connectivity index (χ4v) is 3.76. The monoisotopic (exact) mass is 251 g/mol. The molecule has 1 aliphatic carbocycles. The zero-order chi connectivity index (χ0) is 12.1. The second kappa shape index (κ2) is 6.55. The van der Waals surface area contributed by atoms with Crippen LogP contribution in [-0.2, 0) is 6.42 Å². The minimum Gasteiger partial charge on any atom is -0.314 e. The fourth-order valence-electron chi connectivity index (χ4n) is 3.06. The van der Waals surface area contributed by atoms with Gasteiger partial charge in [-0.3, -0.25) is 0 Å². The van der Waals surface area contributed by atoms with Crippen LogP contribution in [0.1, 0.15) is 45.1 Å². The maximum atomic E-state index is 3.71. The molecule has 1 nitrogen and oxygen atoms in total. The number of aryl methyl sites for hydroxylation is 1. The summed E-state index contributed by atoms with van der Waals surface area (Å²) >= 11 is 1.82. The molecule has 2 rings (SSSR count). The summed E-state index contributed by atoms with van der Waals surface area (Å²) in [5.74, 6) is 1.80. The molecule has 2 heteroatoms. The minimum absolute atomic E-state index is 0.780. The first kappa shape index (κ1) is 13.1. The van der Waals surface area contributed by atoms with E-state index in [1.165, 1.54) is 44.2 Å². The summed E-state index contributed by atoms with van der Waals surface area (Å²) in [6.45, 7) is 5.88. The summed E-state index contributed by atoms with van der Waals surface area (Å²) in [7, 11) is 0. The standard InChI is InChI=1S/C15H25NS/c1-3-9-16-15-7-6-14(12(15)2)5-4-13-8-10-17-11-13/h8,10-12,14-16H,3-7,9H2,1-2H3. The number of rotatable bonds is 6. The van der Waals surface area contributed by atoms with Gasteiger partial charge in [0, 0.05) is 6.04 Å². The predicted octanol–water partition coefficient (Wildman–Crippen LogP) is 4.10. The van der Waals surface area contributed by atoms with Crippen molar-refractivity contribution in [2.75, 3.05) is 6.54 Å². The van der Waals surface area contributed by atoms with Gasteiger partial charge in [-0.2, -0.15) is 11.3 Å². The number of thiophene rings is 1. The van der Waals surface area contributed by atoms with Crippen molar-refractivity contribution < 1.29 is 0 Å². The first-order valence-electron chi connectivity index (χ1n) is 7.05. The fraction of sp³-hybridized carbons (Fsp3) is 0.733. The molecule has 0 radical (unpaired) electrons. The lowest BCUT2D eigenvalue weighted by atomic mass is 9.90. The summed E-state index contributed by atoms with van der Waals surface area (Å²) in [6, 6.07) is 3.05. The molecule has 0 aliphatic heterocycles. The molecule has 1 heterocycles. The van der Waals surface area contributed by atoms with Crippen molar-refractivity contribution in [1.29, 1.82) is 0 Å². The van der Waals surface area contributed by atoms with Gasteiger partial charge in [0.15, 0.2) is 0 Å². The topological polar surface area (TPSA) is 12.0 Å². The van der Waals surface area contributed by atoms with Crippen LogP contribution in [0.5, 0.6) is 0 Å². The molecule has 3 atom stereocenters. The van der Waals surface area contributed by atoms with Crippen LogP contribution in [0, 0.1) is 11.8 Å². The number of hydrogen-bond acceptors (Lipinski definition) is 2. The van der Waals surface area contributed by atoms with Crippen LogP contribution in [0.3, 0.4) is 0 Å². The highest BCUT2D eigenvalue weighted by Gasteiger charge is 2.31. The van der Waals surface area contributed by atoms with Gasteiger partial charge in [-0.05, 0) is 72.9 Å². The SMILES string of the molecule is CCCNC1CCC(CCc2ccsc2)C1C. The molecule has 96 valence electrons. The Bertz CT molecular complexity index is 307. The lowest BCUT2D eigenvalue weighted by Crippen LogP contribution is -2.33. The molecule has 0 saturated heterocycles. The van der Waals surface area contributed by atoms with Crippen molar-refractivity contribution in [1.82, 2.24) is 5.32 Å². The third-order valence-corrected chi connectivity index (χ3v) is 5.00. The molecular formula is C15H25NS. The molecule has 1 aromatic heterocycles. The van der Waals surface area contributed by atoms with E-state index >= 15 is 0 Å². The smallest absolute Gasteiger partial charge is 0.00954 e. The summed E-state index contributed by atoms with van der Waals surface area (Å²) in [4.78, 5) is 0. The number of nitrogens with one attached hydrogen (secondary N) is 1. The Kier molecular flexibility index (Phi) is 5.05. The minimum atomic E-state index is 0.780. The van der Waals surface area contributed by atoms with Crippen LogP contribution in [0.2, 0.25) is 0 Å². The van der Waals surface area contributed by atoms with E-state index in [1.807, 2.05) is 11.3 Å². The van der Waals surface area contributed by atoms with Crippen LogP contribution in [0.15, 0.2) is 16.8 Å². The molecule has 0 spiro atoms. The average molecular weight is 251 g/mol. The molecular weight excluding hydrogens is 226 g/mol. The lowest BCUT2D eigenvalue weighted by Gasteiger charge is -2.21. The Hall–Kier alpha value is -0.340. The quantitative estimate of drug-likeness (QED) is 0.803. The molecule has 3 unspecified atom stereocenters. The summed E-state index contributed by atoms with van der Waals surface area (Å²) in [5, 5.41) is 8.20. The third kappa shape index (κ3) is 3.56. The van der Waals surface area contributed by atoms with Crippen LogP contribution in [-0.4, -0.2) is 12.6 Å². The van der Waals surface area contributed by atoms with Gasteiger partial charge in [-0.15, -0.1) is 0 Å². The van der Waals surface area contributed by atoms with Crippen LogP contribution in [0.4, 0.5) is 0 Å². The van der Waals surface area contributed by atoms with Gasteiger partial charge < -0.3 is 5.32 Å². The Morgan fingerprint density at radius 2 is 2.29 bits per heavy atom. The Morgan fingerprint density at radius 3 is 3.00 bits per heavy atom. The van der Waals surface area contributed by atoms with Crippen molar-refractivity contribution >= 4 is 11.3 Å². The van der Waals surface area contributed by atoms with E-state index in [0.29, 0.717) is 0 Å². The van der Waals surface area contributed by atoms with Gasteiger partial charge in [0.2, 0.25) is 0 Å². The van der Waals surface area contributed by atoms with Crippen LogP contribution >= 0.6 is 11.3 Å². The van der Waals surface area contributed by atoms with Gasteiger partial charge in [0.05, 0.1) is 0 Å². The molecule has 0 amide bonds. The maximum absolute atomic E-state index is 3.71. The molecule has 1 saturated carbocycles. The van der Waals surface area contributed by atoms with E-state index in [9.17, 15) is 0 Å².